The number of benzene rings is 2. The number of nitrogens with zero attached hydrogens (tertiary/aromatic N) is 2. The van der Waals surface area contributed by atoms with Crippen LogP contribution in [0, 0.1) is 0 Å². The second-order valence-corrected chi connectivity index (χ2v) is 7.45. The van der Waals surface area contributed by atoms with E-state index in [-0.39, 0.29) is 18.2 Å². The molecule has 0 saturated carbocycles. The van der Waals surface area contributed by atoms with E-state index < -0.39 is 5.97 Å². The lowest BCUT2D eigenvalue weighted by molar-refractivity contribution is -0.121. The minimum Gasteiger partial charge on any atom is -0.451 e. The Balaban J connectivity index is 1.38. The van der Waals surface area contributed by atoms with Gasteiger partial charge in [-0.25, -0.2) is 9.78 Å². The number of hydrogen-bond acceptors (Lipinski definition) is 5. The van der Waals surface area contributed by atoms with Gasteiger partial charge >= 0.3 is 5.97 Å². The van der Waals surface area contributed by atoms with Gasteiger partial charge in [0.2, 0.25) is 0 Å². The number of anilines is 1. The molecular formula is C22H20N2O3S. The van der Waals surface area contributed by atoms with E-state index in [2.05, 4.69) is 24.0 Å². The molecule has 0 saturated heterocycles. The molecule has 1 aliphatic rings. The van der Waals surface area contributed by atoms with E-state index in [0.717, 1.165) is 34.7 Å². The van der Waals surface area contributed by atoms with Crippen LogP contribution in [-0.4, -0.2) is 30.0 Å². The van der Waals surface area contributed by atoms with Gasteiger partial charge in [-0.3, -0.25) is 4.79 Å². The van der Waals surface area contributed by atoms with Crippen molar-refractivity contribution < 1.29 is 14.3 Å². The van der Waals surface area contributed by atoms with Crippen LogP contribution >= 0.6 is 11.3 Å². The number of fused-ring (bicyclic) bond motifs is 1. The van der Waals surface area contributed by atoms with Crippen molar-refractivity contribution in [3.05, 3.63) is 70.7 Å². The van der Waals surface area contributed by atoms with Gasteiger partial charge in [-0.2, -0.15) is 0 Å². The molecule has 0 N–H and O–H groups in total. The smallest absolute Gasteiger partial charge is 0.358 e. The summed E-state index contributed by atoms with van der Waals surface area (Å²) in [4.78, 5) is 30.8. The van der Waals surface area contributed by atoms with E-state index in [1.807, 2.05) is 36.4 Å². The van der Waals surface area contributed by atoms with Gasteiger partial charge in [-0.05, 0) is 30.0 Å². The fourth-order valence-electron chi connectivity index (χ4n) is 3.26. The Labute approximate surface area is 167 Å². The van der Waals surface area contributed by atoms with Crippen molar-refractivity contribution in [2.75, 3.05) is 18.1 Å². The highest BCUT2D eigenvalue weighted by Crippen LogP contribution is 2.28. The summed E-state index contributed by atoms with van der Waals surface area (Å²) in [5, 5.41) is 2.43. The molecule has 2 heterocycles. The van der Waals surface area contributed by atoms with Crippen molar-refractivity contribution >= 4 is 28.9 Å². The third-order valence-electron chi connectivity index (χ3n) is 4.84. The van der Waals surface area contributed by atoms with Gasteiger partial charge in [0.15, 0.2) is 12.3 Å². The maximum atomic E-state index is 12.5. The second-order valence-electron chi connectivity index (χ2n) is 6.59. The van der Waals surface area contributed by atoms with Crippen LogP contribution in [0.25, 0.3) is 10.6 Å². The van der Waals surface area contributed by atoms with Crippen molar-refractivity contribution in [1.82, 2.24) is 4.98 Å². The highest BCUT2D eigenvalue weighted by Gasteiger charge is 2.25. The van der Waals surface area contributed by atoms with Gasteiger partial charge in [0.05, 0.1) is 0 Å². The zero-order valence-corrected chi connectivity index (χ0v) is 16.4. The van der Waals surface area contributed by atoms with Crippen LogP contribution in [0.2, 0.25) is 0 Å². The zero-order valence-electron chi connectivity index (χ0n) is 15.6. The molecular weight excluding hydrogens is 372 g/mol. The van der Waals surface area contributed by atoms with Crippen molar-refractivity contribution in [3.63, 3.8) is 0 Å². The Hall–Kier alpha value is -2.99. The van der Waals surface area contributed by atoms with E-state index in [4.69, 9.17) is 4.74 Å². The largest absolute Gasteiger partial charge is 0.451 e. The number of rotatable bonds is 5. The average molecular weight is 392 g/mol. The number of ether oxygens (including phenoxy) is 1. The van der Waals surface area contributed by atoms with Crippen molar-refractivity contribution in [1.29, 1.82) is 0 Å². The molecule has 28 heavy (non-hydrogen) atoms. The molecule has 0 atom stereocenters. The number of carbonyl (C=O) groups is 2. The predicted molar refractivity (Wildman–Crippen MR) is 110 cm³/mol. The zero-order chi connectivity index (χ0) is 19.5. The topological polar surface area (TPSA) is 59.5 Å². The molecule has 2 aromatic carbocycles. The highest BCUT2D eigenvalue weighted by atomic mass is 32.1. The molecule has 4 rings (SSSR count). The number of aryl methyl sites for hydroxylation is 1. The van der Waals surface area contributed by atoms with Crippen molar-refractivity contribution in [2.24, 2.45) is 0 Å². The van der Waals surface area contributed by atoms with Crippen LogP contribution in [-0.2, 0) is 22.4 Å². The maximum absolute atomic E-state index is 12.5. The molecule has 6 heteroatoms. The van der Waals surface area contributed by atoms with Gasteiger partial charge in [0, 0.05) is 23.2 Å². The first kappa shape index (κ1) is 18.4. The van der Waals surface area contributed by atoms with Crippen molar-refractivity contribution in [3.8, 4) is 10.6 Å². The van der Waals surface area contributed by atoms with E-state index >= 15 is 0 Å². The number of esters is 1. The van der Waals surface area contributed by atoms with Gasteiger partial charge in [-0.1, -0.05) is 49.4 Å². The summed E-state index contributed by atoms with van der Waals surface area (Å²) in [5.74, 6) is -0.794. The summed E-state index contributed by atoms with van der Waals surface area (Å²) in [5.41, 5.74) is 4.48. The molecule has 1 aliphatic heterocycles. The monoisotopic (exact) mass is 392 g/mol. The molecule has 1 aromatic heterocycles. The first-order valence-electron chi connectivity index (χ1n) is 9.26. The van der Waals surface area contributed by atoms with Gasteiger partial charge in [-0.15, -0.1) is 11.3 Å². The molecule has 0 aliphatic carbocycles. The van der Waals surface area contributed by atoms with E-state index in [1.54, 1.807) is 10.3 Å². The van der Waals surface area contributed by atoms with Crippen LogP contribution in [0.5, 0.6) is 0 Å². The molecule has 0 unspecified atom stereocenters. The lowest BCUT2D eigenvalue weighted by Gasteiger charge is -2.16. The van der Waals surface area contributed by atoms with E-state index in [9.17, 15) is 9.59 Å². The Bertz CT molecular complexity index is 1010. The van der Waals surface area contributed by atoms with E-state index in [0.29, 0.717) is 6.54 Å². The summed E-state index contributed by atoms with van der Waals surface area (Å²) in [7, 11) is 0. The van der Waals surface area contributed by atoms with Crippen LogP contribution < -0.4 is 4.90 Å². The Kier molecular flexibility index (Phi) is 5.21. The summed E-state index contributed by atoms with van der Waals surface area (Å²) in [6.45, 7) is 2.43. The van der Waals surface area contributed by atoms with Gasteiger partial charge in [0.25, 0.3) is 5.91 Å². The number of carbonyl (C=O) groups excluding carboxylic acids is 2. The lowest BCUT2D eigenvalue weighted by Crippen LogP contribution is -2.33. The quantitative estimate of drug-likeness (QED) is 0.613. The van der Waals surface area contributed by atoms with Gasteiger partial charge in [0.1, 0.15) is 5.01 Å². The van der Waals surface area contributed by atoms with Crippen molar-refractivity contribution in [2.45, 2.75) is 19.8 Å². The third-order valence-corrected chi connectivity index (χ3v) is 5.73. The van der Waals surface area contributed by atoms with Crippen LogP contribution in [0.4, 0.5) is 5.69 Å². The average Bonchev–Trinajstić information content (AvgIpc) is 3.39. The number of amides is 1. The number of para-hydroxylation sites is 1. The highest BCUT2D eigenvalue weighted by molar-refractivity contribution is 7.13. The maximum Gasteiger partial charge on any atom is 0.358 e. The van der Waals surface area contributed by atoms with Crippen LogP contribution in [0.15, 0.2) is 53.9 Å². The number of thiazole rings is 1. The second kappa shape index (κ2) is 7.94. The number of hydrogen-bond donors (Lipinski definition) is 0. The summed E-state index contributed by atoms with van der Waals surface area (Å²) in [6, 6.07) is 15.9. The van der Waals surface area contributed by atoms with Crippen LogP contribution in [0.3, 0.4) is 0 Å². The first-order valence-corrected chi connectivity index (χ1v) is 10.1. The van der Waals surface area contributed by atoms with E-state index in [1.165, 1.54) is 16.9 Å². The molecule has 3 aromatic rings. The molecule has 0 radical (unpaired) electrons. The standard InChI is InChI=1S/C22H20N2O3S/c1-2-15-7-9-17(10-8-15)21-23-18(14-28-21)22(26)27-13-20(25)24-12-11-16-5-3-4-6-19(16)24/h3-10,14H,2,11-13H2,1H3. The Morgan fingerprint density at radius 1 is 1.14 bits per heavy atom. The molecule has 0 bridgehead atoms. The molecule has 1 amide bonds. The summed E-state index contributed by atoms with van der Waals surface area (Å²) < 4.78 is 5.22. The third kappa shape index (κ3) is 3.68. The molecule has 142 valence electrons. The first-order chi connectivity index (χ1) is 13.7. The molecule has 0 spiro atoms. The van der Waals surface area contributed by atoms with Crippen LogP contribution in [0.1, 0.15) is 28.5 Å². The minimum absolute atomic E-state index is 0.219. The Morgan fingerprint density at radius 2 is 1.93 bits per heavy atom. The van der Waals surface area contributed by atoms with Gasteiger partial charge < -0.3 is 9.64 Å². The normalized spacial score (nSPS) is 12.7. The predicted octanol–water partition coefficient (Wildman–Crippen LogP) is 4.12. The molecule has 5 nitrogen and oxygen atoms in total. The fraction of sp³-hybridized carbons (Fsp3) is 0.227. The fourth-order valence-corrected chi connectivity index (χ4v) is 4.05. The molecule has 0 fully saturated rings. The Morgan fingerprint density at radius 3 is 2.71 bits per heavy atom. The lowest BCUT2D eigenvalue weighted by atomic mass is 10.1. The minimum atomic E-state index is -0.575. The SMILES string of the molecule is CCc1ccc(-c2nc(C(=O)OCC(=O)N3CCc4ccccc43)cs2)cc1. The summed E-state index contributed by atoms with van der Waals surface area (Å²) in [6.07, 6.45) is 1.80. The summed E-state index contributed by atoms with van der Waals surface area (Å²) >= 11 is 1.39. The number of aromatic nitrogens is 1.